The summed E-state index contributed by atoms with van der Waals surface area (Å²) >= 11 is 0. The standard InChI is InChI=1S/C16H25NO/c1-3-17-12-15(14-7-5-8-14)10-13-6-4-9-16(11-13)18-2/h4,6,9,11,14-15,17H,3,5,7-8,10,12H2,1-2H3. The first-order valence-corrected chi connectivity index (χ1v) is 7.17. The Morgan fingerprint density at radius 2 is 2.22 bits per heavy atom. The van der Waals surface area contributed by atoms with Crippen LogP contribution in [0.1, 0.15) is 31.7 Å². The number of hydrogen-bond acceptors (Lipinski definition) is 2. The minimum Gasteiger partial charge on any atom is -0.497 e. The van der Waals surface area contributed by atoms with Gasteiger partial charge in [0.2, 0.25) is 0 Å². The highest BCUT2D eigenvalue weighted by Crippen LogP contribution is 2.35. The molecule has 0 aromatic heterocycles. The molecule has 0 radical (unpaired) electrons. The Morgan fingerprint density at radius 3 is 2.83 bits per heavy atom. The largest absolute Gasteiger partial charge is 0.497 e. The number of nitrogens with one attached hydrogen (secondary N) is 1. The summed E-state index contributed by atoms with van der Waals surface area (Å²) in [7, 11) is 1.74. The molecule has 1 aromatic carbocycles. The second-order valence-electron chi connectivity index (χ2n) is 5.31. The van der Waals surface area contributed by atoms with Crippen LogP contribution >= 0.6 is 0 Å². The number of hydrogen-bond donors (Lipinski definition) is 1. The summed E-state index contributed by atoms with van der Waals surface area (Å²) in [5.41, 5.74) is 1.41. The van der Waals surface area contributed by atoms with Crippen molar-refractivity contribution in [2.24, 2.45) is 11.8 Å². The first kappa shape index (κ1) is 13.4. The molecule has 1 unspecified atom stereocenters. The maximum Gasteiger partial charge on any atom is 0.119 e. The van der Waals surface area contributed by atoms with Gasteiger partial charge in [-0.15, -0.1) is 0 Å². The van der Waals surface area contributed by atoms with E-state index in [9.17, 15) is 0 Å². The smallest absolute Gasteiger partial charge is 0.119 e. The lowest BCUT2D eigenvalue weighted by molar-refractivity contribution is 0.200. The van der Waals surface area contributed by atoms with Crippen molar-refractivity contribution in [1.82, 2.24) is 5.32 Å². The van der Waals surface area contributed by atoms with Crippen LogP contribution in [0.25, 0.3) is 0 Å². The molecule has 0 heterocycles. The van der Waals surface area contributed by atoms with E-state index in [0.29, 0.717) is 0 Å². The molecule has 0 spiro atoms. The van der Waals surface area contributed by atoms with Crippen LogP contribution < -0.4 is 10.1 Å². The van der Waals surface area contributed by atoms with Gasteiger partial charge in [-0.1, -0.05) is 38.3 Å². The molecule has 2 nitrogen and oxygen atoms in total. The second kappa shape index (κ2) is 6.79. The first-order valence-electron chi connectivity index (χ1n) is 7.17. The zero-order valence-electron chi connectivity index (χ0n) is 11.6. The molecule has 0 amide bonds. The molecule has 1 saturated carbocycles. The molecule has 1 aliphatic rings. The van der Waals surface area contributed by atoms with Crippen LogP contribution in [-0.4, -0.2) is 20.2 Å². The Morgan fingerprint density at radius 1 is 1.39 bits per heavy atom. The fourth-order valence-corrected chi connectivity index (χ4v) is 2.75. The molecule has 0 aliphatic heterocycles. The van der Waals surface area contributed by atoms with E-state index >= 15 is 0 Å². The Hall–Kier alpha value is -1.02. The average Bonchev–Trinajstić information content (AvgIpc) is 2.34. The Kier molecular flexibility index (Phi) is 5.06. The van der Waals surface area contributed by atoms with E-state index in [1.807, 2.05) is 6.07 Å². The van der Waals surface area contributed by atoms with Crippen molar-refractivity contribution in [1.29, 1.82) is 0 Å². The van der Waals surface area contributed by atoms with Crippen LogP contribution in [0.4, 0.5) is 0 Å². The van der Waals surface area contributed by atoms with Crippen LogP contribution in [0.3, 0.4) is 0 Å². The van der Waals surface area contributed by atoms with Crippen molar-refractivity contribution in [2.45, 2.75) is 32.6 Å². The Balaban J connectivity index is 1.97. The summed E-state index contributed by atoms with van der Waals surface area (Å²) in [6.07, 6.45) is 5.43. The van der Waals surface area contributed by atoms with E-state index in [2.05, 4.69) is 30.4 Å². The predicted octanol–water partition coefficient (Wildman–Crippen LogP) is 3.26. The van der Waals surface area contributed by atoms with E-state index in [1.54, 1.807) is 7.11 Å². The predicted molar refractivity (Wildman–Crippen MR) is 76.1 cm³/mol. The molecule has 2 rings (SSSR count). The van der Waals surface area contributed by atoms with Gasteiger partial charge in [0.1, 0.15) is 5.75 Å². The molecule has 1 atom stereocenters. The molecule has 100 valence electrons. The average molecular weight is 247 g/mol. The molecule has 1 fully saturated rings. The normalized spacial score (nSPS) is 17.2. The van der Waals surface area contributed by atoms with E-state index < -0.39 is 0 Å². The Labute approximate surface area is 111 Å². The van der Waals surface area contributed by atoms with Gasteiger partial charge in [0, 0.05) is 0 Å². The zero-order valence-corrected chi connectivity index (χ0v) is 11.6. The fourth-order valence-electron chi connectivity index (χ4n) is 2.75. The summed E-state index contributed by atoms with van der Waals surface area (Å²) in [5, 5.41) is 3.52. The van der Waals surface area contributed by atoms with E-state index in [4.69, 9.17) is 4.74 Å². The van der Waals surface area contributed by atoms with E-state index in [1.165, 1.54) is 31.2 Å². The van der Waals surface area contributed by atoms with Gasteiger partial charge in [-0.2, -0.15) is 0 Å². The van der Waals surface area contributed by atoms with Crippen molar-refractivity contribution in [3.05, 3.63) is 29.8 Å². The van der Waals surface area contributed by atoms with Crippen molar-refractivity contribution < 1.29 is 4.74 Å². The van der Waals surface area contributed by atoms with Gasteiger partial charge in [-0.25, -0.2) is 0 Å². The lowest BCUT2D eigenvalue weighted by Crippen LogP contribution is -2.33. The molecule has 2 heteroatoms. The van der Waals surface area contributed by atoms with Crippen LogP contribution in [0.2, 0.25) is 0 Å². The van der Waals surface area contributed by atoms with Gasteiger partial charge in [0.25, 0.3) is 0 Å². The number of rotatable bonds is 7. The summed E-state index contributed by atoms with van der Waals surface area (Å²) in [6, 6.07) is 8.52. The monoisotopic (exact) mass is 247 g/mol. The van der Waals surface area contributed by atoms with E-state index in [0.717, 1.165) is 30.7 Å². The first-order chi connectivity index (χ1) is 8.83. The van der Waals surface area contributed by atoms with Crippen molar-refractivity contribution in [3.8, 4) is 5.75 Å². The van der Waals surface area contributed by atoms with Crippen molar-refractivity contribution in [3.63, 3.8) is 0 Å². The third-order valence-electron chi connectivity index (χ3n) is 4.11. The summed E-state index contributed by atoms with van der Waals surface area (Å²) in [6.45, 7) is 4.41. The van der Waals surface area contributed by atoms with Gasteiger partial charge in [-0.3, -0.25) is 0 Å². The van der Waals surface area contributed by atoms with Gasteiger partial charge < -0.3 is 10.1 Å². The zero-order chi connectivity index (χ0) is 12.8. The number of methoxy groups -OCH3 is 1. The van der Waals surface area contributed by atoms with Crippen molar-refractivity contribution in [2.75, 3.05) is 20.2 Å². The third kappa shape index (κ3) is 3.49. The number of benzene rings is 1. The maximum absolute atomic E-state index is 5.30. The topological polar surface area (TPSA) is 21.3 Å². The molecule has 1 aromatic rings. The highest BCUT2D eigenvalue weighted by molar-refractivity contribution is 5.28. The molecule has 0 saturated heterocycles. The van der Waals surface area contributed by atoms with Gasteiger partial charge >= 0.3 is 0 Å². The SMILES string of the molecule is CCNCC(Cc1cccc(OC)c1)C1CCC1. The summed E-state index contributed by atoms with van der Waals surface area (Å²) < 4.78 is 5.30. The minimum absolute atomic E-state index is 0.783. The van der Waals surface area contributed by atoms with Gasteiger partial charge in [-0.05, 0) is 49.0 Å². The van der Waals surface area contributed by atoms with Crippen LogP contribution in [0.5, 0.6) is 5.75 Å². The van der Waals surface area contributed by atoms with Crippen LogP contribution in [0.15, 0.2) is 24.3 Å². The lowest BCUT2D eigenvalue weighted by atomic mass is 9.73. The molecule has 1 N–H and O–H groups in total. The van der Waals surface area contributed by atoms with Crippen LogP contribution in [0, 0.1) is 11.8 Å². The number of ether oxygens (including phenoxy) is 1. The van der Waals surface area contributed by atoms with Crippen molar-refractivity contribution >= 4 is 0 Å². The minimum atomic E-state index is 0.783. The molecule has 18 heavy (non-hydrogen) atoms. The third-order valence-corrected chi connectivity index (χ3v) is 4.11. The second-order valence-corrected chi connectivity index (χ2v) is 5.31. The molecule has 1 aliphatic carbocycles. The molecular formula is C16H25NO. The van der Waals surface area contributed by atoms with E-state index in [-0.39, 0.29) is 0 Å². The highest BCUT2D eigenvalue weighted by atomic mass is 16.5. The Bertz CT molecular complexity index is 360. The highest BCUT2D eigenvalue weighted by Gasteiger charge is 2.26. The maximum atomic E-state index is 5.30. The quantitative estimate of drug-likeness (QED) is 0.798. The summed E-state index contributed by atoms with van der Waals surface area (Å²) in [4.78, 5) is 0. The lowest BCUT2D eigenvalue weighted by Gasteiger charge is -2.34. The fraction of sp³-hybridized carbons (Fsp3) is 0.625. The van der Waals surface area contributed by atoms with Gasteiger partial charge in [0.05, 0.1) is 7.11 Å². The molecule has 0 bridgehead atoms. The van der Waals surface area contributed by atoms with Crippen LogP contribution in [-0.2, 0) is 6.42 Å². The summed E-state index contributed by atoms with van der Waals surface area (Å²) in [5.74, 6) is 2.68. The van der Waals surface area contributed by atoms with Gasteiger partial charge in [0.15, 0.2) is 0 Å². The molecular weight excluding hydrogens is 222 g/mol.